The van der Waals surface area contributed by atoms with Crippen LogP contribution in [-0.4, -0.2) is 119 Å². The standard InChI is InChI=1S/C46H47F2N9O4S/c1-3-35-38(47)17-10-29-6-4-7-36(39(29)35)40-41(48)45(2)37(21-49-40)43(55-23-31-11-12-32(24-55)51-31)52-44(53-45)61-26-46-18-5-19-56(46)22-28(20-46)25-60-33-13-15-34(16-14-33)62(58,59)57-27-50-42(54-57)30-8-9-30/h1,4,6-7,10,13-17,21,27-28,30-32,41,51H,5,8-9,11-12,18-20,22-26H2,2H3. The van der Waals surface area contributed by atoms with E-state index in [1.54, 1.807) is 43.5 Å². The second kappa shape index (κ2) is 14.8. The van der Waals surface area contributed by atoms with E-state index < -0.39 is 27.6 Å². The van der Waals surface area contributed by atoms with Crippen molar-refractivity contribution in [2.45, 2.75) is 92.0 Å². The van der Waals surface area contributed by atoms with Gasteiger partial charge >= 0.3 is 6.02 Å². The lowest BCUT2D eigenvalue weighted by molar-refractivity contribution is 0.104. The largest absolute Gasteiger partial charge is 0.493 e. The van der Waals surface area contributed by atoms with Crippen molar-refractivity contribution in [3.8, 4) is 18.1 Å². The third-order valence-corrected chi connectivity index (χ3v) is 15.5. The van der Waals surface area contributed by atoms with Crippen LogP contribution in [0, 0.1) is 24.1 Å². The van der Waals surface area contributed by atoms with Crippen LogP contribution in [0.2, 0.25) is 0 Å². The summed E-state index contributed by atoms with van der Waals surface area (Å²) in [7, 11) is -3.87. The lowest BCUT2D eigenvalue weighted by Crippen LogP contribution is -2.58. The number of likely N-dealkylation sites (tertiary alicyclic amines) is 1. The van der Waals surface area contributed by atoms with Crippen molar-refractivity contribution in [2.75, 3.05) is 39.4 Å². The Bertz CT molecular complexity index is 2750. The number of hydrogen-bond acceptors (Lipinski definition) is 12. The Labute approximate surface area is 359 Å². The molecule has 7 aliphatic rings. The summed E-state index contributed by atoms with van der Waals surface area (Å²) < 4.78 is 72.9. The molecule has 1 saturated carbocycles. The number of ether oxygens (including phenoxy) is 2. The van der Waals surface area contributed by atoms with Crippen molar-refractivity contribution in [1.29, 1.82) is 0 Å². The van der Waals surface area contributed by atoms with Crippen LogP contribution in [0.15, 0.2) is 92.6 Å². The second-order valence-electron chi connectivity index (χ2n) is 18.1. The van der Waals surface area contributed by atoms with Gasteiger partial charge in [0.1, 0.15) is 35.9 Å². The zero-order valence-corrected chi connectivity index (χ0v) is 35.2. The van der Waals surface area contributed by atoms with Crippen LogP contribution in [0.1, 0.15) is 74.7 Å². The van der Waals surface area contributed by atoms with Gasteiger partial charge in [0, 0.05) is 66.3 Å². The Morgan fingerprint density at radius 3 is 2.60 bits per heavy atom. The third-order valence-electron chi connectivity index (χ3n) is 14.0. The van der Waals surface area contributed by atoms with Gasteiger partial charge in [-0.1, -0.05) is 30.2 Å². The van der Waals surface area contributed by atoms with Gasteiger partial charge in [0.05, 0.1) is 28.3 Å². The van der Waals surface area contributed by atoms with E-state index in [9.17, 15) is 8.42 Å². The minimum atomic E-state index is -3.87. The maximum Gasteiger partial charge on any atom is 0.314 e. The summed E-state index contributed by atoms with van der Waals surface area (Å²) >= 11 is 0. The molecule has 6 atom stereocenters. The minimum Gasteiger partial charge on any atom is -0.493 e. The van der Waals surface area contributed by atoms with Crippen molar-refractivity contribution >= 4 is 38.4 Å². The molecule has 3 aromatic carbocycles. The number of terminal acetylenes is 1. The van der Waals surface area contributed by atoms with Gasteiger partial charge in [0.2, 0.25) is 0 Å². The van der Waals surface area contributed by atoms with Crippen LogP contribution in [-0.2, 0) is 14.8 Å². The smallest absolute Gasteiger partial charge is 0.314 e. The summed E-state index contributed by atoms with van der Waals surface area (Å²) in [6.45, 7) is 5.72. The number of aliphatic imine (C=N–C) groups is 3. The second-order valence-corrected chi connectivity index (χ2v) is 19.9. The highest BCUT2D eigenvalue weighted by molar-refractivity contribution is 7.89. The fourth-order valence-corrected chi connectivity index (χ4v) is 11.6. The molecule has 2 bridgehead atoms. The van der Waals surface area contributed by atoms with E-state index >= 15 is 8.78 Å². The number of fused-ring (bicyclic) bond motifs is 5. The first-order valence-corrected chi connectivity index (χ1v) is 23.0. The molecule has 4 saturated heterocycles. The molecule has 11 rings (SSSR count). The summed E-state index contributed by atoms with van der Waals surface area (Å²) in [6, 6.07) is 15.5. The SMILES string of the molecule is C#Cc1c(F)ccc2cccc(C3=NC=C4C(N5CC6CCC(C5)N6)=NC(OCC56CCCN5CC(COc5ccc(S(=O)(=O)n7cnc(C8CC8)n7)cc5)C6)=NC4(C)C3F)c12. The van der Waals surface area contributed by atoms with Gasteiger partial charge in [-0.05, 0) is 94.1 Å². The van der Waals surface area contributed by atoms with Gasteiger partial charge in [-0.2, -0.15) is 13.4 Å². The van der Waals surface area contributed by atoms with Crippen molar-refractivity contribution in [2.24, 2.45) is 20.9 Å². The molecule has 16 heteroatoms. The number of aromatic nitrogens is 3. The molecule has 320 valence electrons. The zero-order valence-electron chi connectivity index (χ0n) is 34.4. The van der Waals surface area contributed by atoms with E-state index in [1.807, 2.05) is 6.07 Å². The molecular weight excluding hydrogens is 813 g/mol. The van der Waals surface area contributed by atoms with Gasteiger partial charge in [-0.15, -0.1) is 15.6 Å². The van der Waals surface area contributed by atoms with E-state index in [0.717, 1.165) is 75.2 Å². The number of rotatable bonds is 9. The Morgan fingerprint density at radius 1 is 1.02 bits per heavy atom. The topological polar surface area (TPSA) is 139 Å². The molecule has 6 aliphatic heterocycles. The Hall–Kier alpha value is -5.50. The fourth-order valence-electron chi connectivity index (χ4n) is 10.6. The molecule has 5 fully saturated rings. The average molecular weight is 860 g/mol. The molecule has 0 radical (unpaired) electrons. The van der Waals surface area contributed by atoms with E-state index in [-0.39, 0.29) is 39.6 Å². The van der Waals surface area contributed by atoms with Crippen molar-refractivity contribution in [3.05, 3.63) is 95.5 Å². The third kappa shape index (κ3) is 6.62. The molecule has 1 aromatic heterocycles. The van der Waals surface area contributed by atoms with Gasteiger partial charge in [-0.25, -0.2) is 18.8 Å². The molecule has 1 N–H and O–H groups in total. The molecular formula is C46H47F2N9O4S. The summed E-state index contributed by atoms with van der Waals surface area (Å²) in [5.41, 5.74) is -0.520. The molecule has 4 aromatic rings. The lowest BCUT2D eigenvalue weighted by atomic mass is 9.79. The Balaban J connectivity index is 0.829. The highest BCUT2D eigenvalue weighted by Gasteiger charge is 2.52. The number of hydrogen-bond donors (Lipinski definition) is 1. The van der Waals surface area contributed by atoms with Gasteiger partial charge in [-0.3, -0.25) is 9.89 Å². The number of nitrogens with one attached hydrogen (secondary N) is 1. The number of benzene rings is 3. The quantitative estimate of drug-likeness (QED) is 0.213. The van der Waals surface area contributed by atoms with Crippen molar-refractivity contribution in [3.63, 3.8) is 0 Å². The highest BCUT2D eigenvalue weighted by atomic mass is 32.2. The van der Waals surface area contributed by atoms with E-state index in [0.29, 0.717) is 64.6 Å². The number of amidine groups is 2. The first kappa shape index (κ1) is 39.4. The van der Waals surface area contributed by atoms with Crippen LogP contribution < -0.4 is 10.1 Å². The van der Waals surface area contributed by atoms with Crippen molar-refractivity contribution < 1.29 is 26.7 Å². The lowest BCUT2D eigenvalue weighted by Gasteiger charge is -2.43. The first-order chi connectivity index (χ1) is 30.0. The van der Waals surface area contributed by atoms with Crippen LogP contribution >= 0.6 is 0 Å². The van der Waals surface area contributed by atoms with Crippen LogP contribution in [0.3, 0.4) is 0 Å². The molecule has 1 aliphatic carbocycles. The average Bonchev–Trinajstić information content (AvgIpc) is 3.53. The maximum atomic E-state index is 17.6. The summed E-state index contributed by atoms with van der Waals surface area (Å²) in [6.07, 6.45) is 13.9. The highest BCUT2D eigenvalue weighted by Crippen LogP contribution is 2.44. The van der Waals surface area contributed by atoms with Gasteiger partial charge in [0.15, 0.2) is 12.0 Å². The molecule has 6 unspecified atom stereocenters. The molecule has 13 nitrogen and oxygen atoms in total. The summed E-state index contributed by atoms with van der Waals surface area (Å²) in [5.74, 6) is 4.15. The Kier molecular flexibility index (Phi) is 9.40. The molecule has 0 amide bonds. The van der Waals surface area contributed by atoms with Crippen LogP contribution in [0.4, 0.5) is 8.78 Å². The summed E-state index contributed by atoms with van der Waals surface area (Å²) in [5, 5.41) is 9.03. The molecule has 62 heavy (non-hydrogen) atoms. The predicted octanol–water partition coefficient (Wildman–Crippen LogP) is 5.60. The van der Waals surface area contributed by atoms with Gasteiger partial charge in [0.25, 0.3) is 10.0 Å². The first-order valence-electron chi connectivity index (χ1n) is 21.6. The number of halogens is 2. The fraction of sp³-hybridized carbons (Fsp3) is 0.457. The Morgan fingerprint density at radius 2 is 1.82 bits per heavy atom. The predicted molar refractivity (Wildman–Crippen MR) is 230 cm³/mol. The normalized spacial score (nSPS) is 29.4. The number of alkyl halides is 1. The number of piperazine rings is 1. The minimum absolute atomic E-state index is 0.0675. The van der Waals surface area contributed by atoms with Gasteiger partial charge < -0.3 is 19.7 Å². The van der Waals surface area contributed by atoms with E-state index in [1.165, 1.54) is 24.5 Å². The van der Waals surface area contributed by atoms with E-state index in [2.05, 4.69) is 31.1 Å². The molecule has 7 heterocycles. The van der Waals surface area contributed by atoms with E-state index in [4.69, 9.17) is 30.9 Å². The number of nitrogens with zero attached hydrogens (tertiary/aromatic N) is 8. The van der Waals surface area contributed by atoms with Crippen LogP contribution in [0.5, 0.6) is 5.75 Å². The molecule has 0 spiro atoms. The van der Waals surface area contributed by atoms with Crippen LogP contribution in [0.25, 0.3) is 10.8 Å². The maximum absolute atomic E-state index is 17.6. The van der Waals surface area contributed by atoms with Crippen molar-refractivity contribution in [1.82, 2.24) is 29.3 Å². The monoisotopic (exact) mass is 859 g/mol. The zero-order chi connectivity index (χ0) is 42.4. The summed E-state index contributed by atoms with van der Waals surface area (Å²) in [4.78, 5) is 23.8.